The van der Waals surface area contributed by atoms with E-state index < -0.39 is 41.4 Å². The third-order valence-corrected chi connectivity index (χ3v) is 5.57. The molecule has 1 heterocycles. The lowest BCUT2D eigenvalue weighted by molar-refractivity contribution is -0.114. The Morgan fingerprint density at radius 3 is 2.31 bits per heavy atom. The van der Waals surface area contributed by atoms with Gasteiger partial charge in [-0.2, -0.15) is 0 Å². The predicted molar refractivity (Wildman–Crippen MR) is 126 cm³/mol. The van der Waals surface area contributed by atoms with Crippen molar-refractivity contribution in [3.05, 3.63) is 70.0 Å². The van der Waals surface area contributed by atoms with Crippen molar-refractivity contribution >= 4 is 23.3 Å². The summed E-state index contributed by atoms with van der Waals surface area (Å²) in [5.41, 5.74) is 15.9. The van der Waals surface area contributed by atoms with Gasteiger partial charge in [-0.15, -0.1) is 0 Å². The average Bonchev–Trinajstić information content (AvgIpc) is 2.83. The number of nitrogens with zero attached hydrogens (tertiary/aromatic N) is 1. The van der Waals surface area contributed by atoms with Crippen LogP contribution in [-0.2, 0) is 16.1 Å². The van der Waals surface area contributed by atoms with E-state index in [0.29, 0.717) is 26.1 Å². The Bertz CT molecular complexity index is 1200. The van der Waals surface area contributed by atoms with Crippen molar-refractivity contribution in [2.24, 2.45) is 22.2 Å². The molecule has 1 aliphatic heterocycles. The van der Waals surface area contributed by atoms with Crippen molar-refractivity contribution in [1.82, 2.24) is 5.32 Å². The standard InChI is InChI=1S/C24H26F3N5O4/c1-35-19-3-2-13(25)10-15(19)24(34)31-11-16-17(26)8-12(9-18(16)27)21(28)20(23(30)33)22(29)32-14-4-6-36-7-5-14/h2-3,8-10,14H,4-7,11,28H2,1H3,(H2,29,32)(H2,30,33)(H,31,34). The fourth-order valence-corrected chi connectivity index (χ4v) is 3.67. The predicted octanol–water partition coefficient (Wildman–Crippen LogP) is 1.73. The number of benzene rings is 2. The Morgan fingerprint density at radius 2 is 1.72 bits per heavy atom. The van der Waals surface area contributed by atoms with Crippen LogP contribution in [0.25, 0.3) is 5.70 Å². The zero-order valence-electron chi connectivity index (χ0n) is 19.4. The van der Waals surface area contributed by atoms with Crippen LogP contribution in [0.4, 0.5) is 13.2 Å². The van der Waals surface area contributed by atoms with E-state index in [-0.39, 0.29) is 40.0 Å². The summed E-state index contributed by atoms with van der Waals surface area (Å²) in [7, 11) is 1.29. The highest BCUT2D eigenvalue weighted by molar-refractivity contribution is 6.24. The summed E-state index contributed by atoms with van der Waals surface area (Å²) in [6.07, 6.45) is 1.16. The van der Waals surface area contributed by atoms with Gasteiger partial charge >= 0.3 is 0 Å². The second kappa shape index (κ2) is 11.6. The molecule has 1 fully saturated rings. The highest BCUT2D eigenvalue weighted by atomic mass is 19.1. The lowest BCUT2D eigenvalue weighted by atomic mass is 10.0. The maximum absolute atomic E-state index is 14.8. The zero-order chi connectivity index (χ0) is 26.4. The van der Waals surface area contributed by atoms with Crippen LogP contribution >= 0.6 is 0 Å². The molecule has 1 aliphatic rings. The fraction of sp³-hybridized carbons (Fsp3) is 0.292. The lowest BCUT2D eigenvalue weighted by Gasteiger charge is -2.19. The molecular weight excluding hydrogens is 479 g/mol. The number of nitrogens with two attached hydrogens (primary N) is 3. The van der Waals surface area contributed by atoms with Gasteiger partial charge in [-0.05, 0) is 43.2 Å². The molecule has 7 N–H and O–H groups in total. The summed E-state index contributed by atoms with van der Waals surface area (Å²) < 4.78 is 53.5. The first kappa shape index (κ1) is 26.5. The second-order valence-corrected chi connectivity index (χ2v) is 7.96. The summed E-state index contributed by atoms with van der Waals surface area (Å²) in [5.74, 6) is -4.76. The Labute approximate surface area is 205 Å². The molecule has 3 rings (SSSR count). The summed E-state index contributed by atoms with van der Waals surface area (Å²) in [6, 6.07) is 4.85. The number of methoxy groups -OCH3 is 1. The molecule has 0 atom stereocenters. The molecule has 2 amide bonds. The summed E-state index contributed by atoms with van der Waals surface area (Å²) in [5, 5.41) is 2.32. The fourth-order valence-electron chi connectivity index (χ4n) is 3.67. The molecule has 2 aromatic rings. The molecule has 0 unspecified atom stereocenters. The van der Waals surface area contributed by atoms with Gasteiger partial charge < -0.3 is 32.0 Å². The number of halogens is 3. The number of nitrogens with one attached hydrogen (secondary N) is 1. The molecule has 1 saturated heterocycles. The van der Waals surface area contributed by atoms with Gasteiger partial charge in [0.25, 0.3) is 11.8 Å². The number of amidine groups is 1. The number of rotatable bonds is 8. The molecule has 9 nitrogen and oxygen atoms in total. The third kappa shape index (κ3) is 6.13. The summed E-state index contributed by atoms with van der Waals surface area (Å²) in [6.45, 7) is 0.399. The lowest BCUT2D eigenvalue weighted by Crippen LogP contribution is -2.32. The van der Waals surface area contributed by atoms with Crippen molar-refractivity contribution < 1.29 is 32.2 Å². The Morgan fingerprint density at radius 1 is 1.08 bits per heavy atom. The Hall–Kier alpha value is -4.06. The number of aliphatic imine (C=N–C) groups is 1. The smallest absolute Gasteiger partial charge is 0.255 e. The Balaban J connectivity index is 1.86. The van der Waals surface area contributed by atoms with Gasteiger partial charge in [-0.3, -0.25) is 14.6 Å². The highest BCUT2D eigenvalue weighted by Gasteiger charge is 2.22. The van der Waals surface area contributed by atoms with E-state index in [2.05, 4.69) is 10.3 Å². The first-order valence-electron chi connectivity index (χ1n) is 10.9. The average molecular weight is 505 g/mol. The topological polar surface area (TPSA) is 155 Å². The van der Waals surface area contributed by atoms with Crippen molar-refractivity contribution in [3.8, 4) is 5.75 Å². The molecule has 0 bridgehead atoms. The van der Waals surface area contributed by atoms with E-state index in [0.717, 1.165) is 24.3 Å². The van der Waals surface area contributed by atoms with Gasteiger partial charge in [0.1, 0.15) is 34.6 Å². The van der Waals surface area contributed by atoms with E-state index in [1.807, 2.05) is 0 Å². The largest absolute Gasteiger partial charge is 0.496 e. The van der Waals surface area contributed by atoms with Crippen LogP contribution in [0.15, 0.2) is 40.9 Å². The molecule has 12 heteroatoms. The van der Waals surface area contributed by atoms with Crippen LogP contribution in [0.5, 0.6) is 5.75 Å². The molecule has 0 saturated carbocycles. The van der Waals surface area contributed by atoms with Crippen molar-refractivity contribution in [2.75, 3.05) is 20.3 Å². The number of ether oxygens (including phenoxy) is 2. The van der Waals surface area contributed by atoms with Gasteiger partial charge in [0.2, 0.25) is 0 Å². The molecule has 0 aliphatic carbocycles. The number of carbonyl (C=O) groups is 2. The second-order valence-electron chi connectivity index (χ2n) is 7.96. The molecule has 0 radical (unpaired) electrons. The van der Waals surface area contributed by atoms with E-state index in [9.17, 15) is 22.8 Å². The van der Waals surface area contributed by atoms with Crippen LogP contribution in [0.2, 0.25) is 0 Å². The van der Waals surface area contributed by atoms with Gasteiger partial charge in [0.05, 0.1) is 24.4 Å². The van der Waals surface area contributed by atoms with Crippen LogP contribution in [0.1, 0.15) is 34.3 Å². The van der Waals surface area contributed by atoms with Gasteiger partial charge in [-0.1, -0.05) is 0 Å². The minimum atomic E-state index is -1.05. The molecule has 2 aromatic carbocycles. The van der Waals surface area contributed by atoms with E-state index in [1.54, 1.807) is 0 Å². The number of hydrogen-bond donors (Lipinski definition) is 4. The van der Waals surface area contributed by atoms with Gasteiger partial charge in [0, 0.05) is 30.9 Å². The van der Waals surface area contributed by atoms with Crippen molar-refractivity contribution in [3.63, 3.8) is 0 Å². The molecule has 0 aromatic heterocycles. The van der Waals surface area contributed by atoms with Crippen LogP contribution < -0.4 is 27.3 Å². The zero-order valence-corrected chi connectivity index (χ0v) is 19.4. The maximum Gasteiger partial charge on any atom is 0.255 e. The first-order chi connectivity index (χ1) is 17.1. The molecular formula is C24H26F3N5O4. The SMILES string of the molecule is COc1ccc(F)cc1C(=O)NCc1c(F)cc(C(N)=C(C(N)=O)C(N)=NC2CCOCC2)cc1F. The van der Waals surface area contributed by atoms with Crippen LogP contribution in [0.3, 0.4) is 0 Å². The maximum atomic E-state index is 14.8. The highest BCUT2D eigenvalue weighted by Crippen LogP contribution is 2.23. The molecule has 192 valence electrons. The van der Waals surface area contributed by atoms with E-state index in [1.165, 1.54) is 13.2 Å². The minimum Gasteiger partial charge on any atom is -0.496 e. The summed E-state index contributed by atoms with van der Waals surface area (Å²) >= 11 is 0. The number of primary amides is 1. The van der Waals surface area contributed by atoms with Crippen LogP contribution in [-0.4, -0.2) is 44.0 Å². The van der Waals surface area contributed by atoms with Crippen molar-refractivity contribution in [2.45, 2.75) is 25.4 Å². The van der Waals surface area contributed by atoms with E-state index >= 15 is 0 Å². The van der Waals surface area contributed by atoms with Crippen LogP contribution in [0, 0.1) is 17.5 Å². The minimum absolute atomic E-state index is 0.0853. The first-order valence-corrected chi connectivity index (χ1v) is 10.9. The van der Waals surface area contributed by atoms with Gasteiger partial charge in [0.15, 0.2) is 0 Å². The monoisotopic (exact) mass is 505 g/mol. The molecule has 0 spiro atoms. The van der Waals surface area contributed by atoms with Gasteiger partial charge in [-0.25, -0.2) is 13.2 Å². The number of amides is 2. The third-order valence-electron chi connectivity index (χ3n) is 5.57. The normalized spacial score (nSPS) is 15.3. The summed E-state index contributed by atoms with van der Waals surface area (Å²) in [4.78, 5) is 28.8. The van der Waals surface area contributed by atoms with E-state index in [4.69, 9.17) is 26.7 Å². The Kier molecular flexibility index (Phi) is 8.54. The number of hydrogen-bond acceptors (Lipinski definition) is 6. The molecule has 36 heavy (non-hydrogen) atoms. The van der Waals surface area contributed by atoms with Crippen molar-refractivity contribution in [1.29, 1.82) is 0 Å². The number of carbonyl (C=O) groups excluding carboxylic acids is 2. The quantitative estimate of drug-likeness (QED) is 0.243.